The van der Waals surface area contributed by atoms with Crippen LogP contribution in [0.2, 0.25) is 0 Å². The summed E-state index contributed by atoms with van der Waals surface area (Å²) >= 11 is 0. The van der Waals surface area contributed by atoms with Crippen LogP contribution in [0.4, 0.5) is 0 Å². The zero-order valence-corrected chi connectivity index (χ0v) is 10.7. The van der Waals surface area contributed by atoms with Crippen molar-refractivity contribution in [3.63, 3.8) is 0 Å². The third-order valence-electron chi connectivity index (χ3n) is 3.29. The largest absolute Gasteiger partial charge is 0.347 e. The number of hydrogen-bond donors (Lipinski definition) is 1. The molecule has 2 rings (SSSR count). The lowest BCUT2D eigenvalue weighted by molar-refractivity contribution is 0.615. The van der Waals surface area contributed by atoms with Crippen molar-refractivity contribution >= 4 is 10.9 Å². The van der Waals surface area contributed by atoms with Gasteiger partial charge in [0.1, 0.15) is 0 Å². The molecule has 0 unspecified atom stereocenters. The molecule has 0 saturated carbocycles. The third kappa shape index (κ3) is 2.70. The SMILES string of the molecule is CCCCCn1ccc2cccc(CCN)c21. The quantitative estimate of drug-likeness (QED) is 0.758. The van der Waals surface area contributed by atoms with Crippen LogP contribution in [0.1, 0.15) is 31.7 Å². The number of rotatable bonds is 6. The summed E-state index contributed by atoms with van der Waals surface area (Å²) in [5.41, 5.74) is 8.45. The van der Waals surface area contributed by atoms with Crippen LogP contribution in [0.25, 0.3) is 10.9 Å². The normalized spacial score (nSPS) is 11.2. The van der Waals surface area contributed by atoms with Crippen molar-refractivity contribution in [2.75, 3.05) is 6.54 Å². The average Bonchev–Trinajstić information content (AvgIpc) is 2.75. The number of unbranched alkanes of at least 4 members (excludes halogenated alkanes) is 2. The lowest BCUT2D eigenvalue weighted by Crippen LogP contribution is -2.05. The van der Waals surface area contributed by atoms with E-state index in [1.165, 1.54) is 35.7 Å². The summed E-state index contributed by atoms with van der Waals surface area (Å²) < 4.78 is 2.38. The fourth-order valence-corrected chi connectivity index (χ4v) is 2.42. The second-order valence-corrected chi connectivity index (χ2v) is 4.61. The second-order valence-electron chi connectivity index (χ2n) is 4.61. The molecule has 1 heterocycles. The highest BCUT2D eigenvalue weighted by Gasteiger charge is 2.05. The zero-order chi connectivity index (χ0) is 12.1. The molecule has 92 valence electrons. The van der Waals surface area contributed by atoms with Crippen LogP contribution in [0.3, 0.4) is 0 Å². The third-order valence-corrected chi connectivity index (χ3v) is 3.29. The Morgan fingerprint density at radius 2 is 2.06 bits per heavy atom. The maximum Gasteiger partial charge on any atom is 0.0513 e. The first-order valence-electron chi connectivity index (χ1n) is 6.63. The predicted molar refractivity (Wildman–Crippen MR) is 74.2 cm³/mol. The summed E-state index contributed by atoms with van der Waals surface area (Å²) in [6, 6.07) is 8.72. The van der Waals surface area contributed by atoms with Crippen molar-refractivity contribution in [3.05, 3.63) is 36.0 Å². The van der Waals surface area contributed by atoms with E-state index in [1.54, 1.807) is 0 Å². The molecule has 0 bridgehead atoms. The standard InChI is InChI=1S/C15H22N2/c1-2-3-4-11-17-12-9-14-7-5-6-13(8-10-16)15(14)17/h5-7,9,12H,2-4,8,10-11,16H2,1H3. The van der Waals surface area contributed by atoms with Crippen molar-refractivity contribution < 1.29 is 0 Å². The Kier molecular flexibility index (Phi) is 4.21. The average molecular weight is 230 g/mol. The molecule has 1 aromatic carbocycles. The minimum absolute atomic E-state index is 0.721. The first-order valence-corrected chi connectivity index (χ1v) is 6.63. The van der Waals surface area contributed by atoms with E-state index in [1.807, 2.05) is 0 Å². The monoisotopic (exact) mass is 230 g/mol. The highest BCUT2D eigenvalue weighted by molar-refractivity contribution is 5.83. The predicted octanol–water partition coefficient (Wildman–Crippen LogP) is 3.33. The van der Waals surface area contributed by atoms with Gasteiger partial charge in [-0.15, -0.1) is 0 Å². The fourth-order valence-electron chi connectivity index (χ4n) is 2.42. The van der Waals surface area contributed by atoms with Gasteiger partial charge in [-0.25, -0.2) is 0 Å². The van der Waals surface area contributed by atoms with Crippen molar-refractivity contribution in [1.82, 2.24) is 4.57 Å². The van der Waals surface area contributed by atoms with E-state index >= 15 is 0 Å². The maximum absolute atomic E-state index is 5.68. The number of hydrogen-bond acceptors (Lipinski definition) is 1. The van der Waals surface area contributed by atoms with E-state index in [0.29, 0.717) is 0 Å². The molecule has 0 aliphatic rings. The number of nitrogens with two attached hydrogens (primary N) is 1. The number of nitrogens with zero attached hydrogens (tertiary/aromatic N) is 1. The minimum atomic E-state index is 0.721. The number of para-hydroxylation sites is 1. The topological polar surface area (TPSA) is 30.9 Å². The zero-order valence-electron chi connectivity index (χ0n) is 10.7. The number of fused-ring (bicyclic) bond motifs is 1. The smallest absolute Gasteiger partial charge is 0.0513 e. The second kappa shape index (κ2) is 5.87. The van der Waals surface area contributed by atoms with Crippen molar-refractivity contribution in [2.24, 2.45) is 5.73 Å². The van der Waals surface area contributed by atoms with Crippen LogP contribution in [0.15, 0.2) is 30.5 Å². The van der Waals surface area contributed by atoms with Crippen LogP contribution >= 0.6 is 0 Å². The summed E-state index contributed by atoms with van der Waals surface area (Å²) in [7, 11) is 0. The molecule has 0 aliphatic carbocycles. The van der Waals surface area contributed by atoms with E-state index in [2.05, 4.69) is 42.0 Å². The molecular weight excluding hydrogens is 208 g/mol. The van der Waals surface area contributed by atoms with Gasteiger partial charge in [0.25, 0.3) is 0 Å². The minimum Gasteiger partial charge on any atom is -0.347 e. The lowest BCUT2D eigenvalue weighted by Gasteiger charge is -2.09. The van der Waals surface area contributed by atoms with Crippen LogP contribution < -0.4 is 5.73 Å². The van der Waals surface area contributed by atoms with Crippen LogP contribution in [-0.4, -0.2) is 11.1 Å². The first-order chi connectivity index (χ1) is 8.36. The van der Waals surface area contributed by atoms with Gasteiger partial charge < -0.3 is 10.3 Å². The van der Waals surface area contributed by atoms with Gasteiger partial charge in [0.05, 0.1) is 5.52 Å². The molecular formula is C15H22N2. The Bertz CT molecular complexity index is 471. The van der Waals surface area contributed by atoms with Gasteiger partial charge in [0, 0.05) is 12.7 Å². The van der Waals surface area contributed by atoms with Crippen LogP contribution in [0, 0.1) is 0 Å². The first kappa shape index (κ1) is 12.2. The number of aryl methyl sites for hydroxylation is 1. The Morgan fingerprint density at radius 1 is 1.18 bits per heavy atom. The molecule has 0 fully saturated rings. The van der Waals surface area contributed by atoms with E-state index in [4.69, 9.17) is 5.73 Å². The van der Waals surface area contributed by atoms with Crippen molar-refractivity contribution in [1.29, 1.82) is 0 Å². The van der Waals surface area contributed by atoms with Crippen molar-refractivity contribution in [3.8, 4) is 0 Å². The maximum atomic E-state index is 5.68. The van der Waals surface area contributed by atoms with E-state index in [-0.39, 0.29) is 0 Å². The Morgan fingerprint density at radius 3 is 2.82 bits per heavy atom. The van der Waals surface area contributed by atoms with Crippen molar-refractivity contribution in [2.45, 2.75) is 39.2 Å². The molecule has 0 amide bonds. The van der Waals surface area contributed by atoms with Gasteiger partial charge in [-0.3, -0.25) is 0 Å². The lowest BCUT2D eigenvalue weighted by atomic mass is 10.1. The van der Waals surface area contributed by atoms with Gasteiger partial charge >= 0.3 is 0 Å². The molecule has 17 heavy (non-hydrogen) atoms. The molecule has 0 aliphatic heterocycles. The van der Waals surface area contributed by atoms with E-state index in [0.717, 1.165) is 19.5 Å². The molecule has 2 aromatic rings. The summed E-state index contributed by atoms with van der Waals surface area (Å²) in [5.74, 6) is 0. The molecule has 2 heteroatoms. The molecule has 0 spiro atoms. The number of benzene rings is 1. The van der Waals surface area contributed by atoms with E-state index in [9.17, 15) is 0 Å². The molecule has 1 aromatic heterocycles. The van der Waals surface area contributed by atoms with Gasteiger partial charge in [-0.05, 0) is 36.4 Å². The Hall–Kier alpha value is -1.28. The Balaban J connectivity index is 2.28. The van der Waals surface area contributed by atoms with Gasteiger partial charge in [0.15, 0.2) is 0 Å². The summed E-state index contributed by atoms with van der Waals surface area (Å²) in [6.45, 7) is 4.09. The van der Waals surface area contributed by atoms with E-state index < -0.39 is 0 Å². The summed E-state index contributed by atoms with van der Waals surface area (Å²) in [4.78, 5) is 0. The molecule has 2 nitrogen and oxygen atoms in total. The van der Waals surface area contributed by atoms with Gasteiger partial charge in [-0.1, -0.05) is 38.0 Å². The highest BCUT2D eigenvalue weighted by Crippen LogP contribution is 2.21. The molecule has 0 atom stereocenters. The Labute approximate surface area is 103 Å². The van der Waals surface area contributed by atoms with Gasteiger partial charge in [-0.2, -0.15) is 0 Å². The highest BCUT2D eigenvalue weighted by atomic mass is 14.9. The van der Waals surface area contributed by atoms with Crippen LogP contribution in [-0.2, 0) is 13.0 Å². The number of aromatic nitrogens is 1. The molecule has 0 saturated heterocycles. The van der Waals surface area contributed by atoms with Crippen LogP contribution in [0.5, 0.6) is 0 Å². The van der Waals surface area contributed by atoms with Gasteiger partial charge in [0.2, 0.25) is 0 Å². The molecule has 2 N–H and O–H groups in total. The fraction of sp³-hybridized carbons (Fsp3) is 0.467. The summed E-state index contributed by atoms with van der Waals surface area (Å²) in [5, 5.41) is 1.34. The molecule has 0 radical (unpaired) electrons. The summed E-state index contributed by atoms with van der Waals surface area (Å²) in [6.07, 6.45) is 7.01.